The molecule has 1 aromatic carbocycles. The van der Waals surface area contributed by atoms with Gasteiger partial charge in [-0.15, -0.1) is 12.4 Å². The van der Waals surface area contributed by atoms with Gasteiger partial charge in [0.2, 0.25) is 0 Å². The third-order valence-electron chi connectivity index (χ3n) is 4.76. The second kappa shape index (κ2) is 16.1. The van der Waals surface area contributed by atoms with E-state index in [-0.39, 0.29) is 24.5 Å². The zero-order valence-electron chi connectivity index (χ0n) is 18.0. The Bertz CT molecular complexity index is 573. The number of nitrogens with zero attached hydrogens (tertiary/aromatic N) is 1. The van der Waals surface area contributed by atoms with E-state index in [1.54, 1.807) is 24.3 Å². The summed E-state index contributed by atoms with van der Waals surface area (Å²) in [4.78, 5) is 25.5. The molecule has 0 aromatic heterocycles. The van der Waals surface area contributed by atoms with Crippen molar-refractivity contribution < 1.29 is 19.4 Å². The molecule has 6 nitrogen and oxygen atoms in total. The van der Waals surface area contributed by atoms with Crippen LogP contribution in [0.5, 0.6) is 0 Å². The molecule has 166 valence electrons. The smallest absolute Gasteiger partial charge is 0.409 e. The van der Waals surface area contributed by atoms with Crippen molar-refractivity contribution in [1.82, 2.24) is 4.90 Å². The van der Waals surface area contributed by atoms with Crippen LogP contribution >= 0.6 is 12.4 Å². The Morgan fingerprint density at radius 2 is 1.55 bits per heavy atom. The van der Waals surface area contributed by atoms with Crippen molar-refractivity contribution >= 4 is 30.2 Å². The molecule has 0 spiro atoms. The third kappa shape index (κ3) is 11.7. The quantitative estimate of drug-likeness (QED) is 0.365. The maximum absolute atomic E-state index is 12.4. The lowest BCUT2D eigenvalue weighted by atomic mass is 10.1. The highest BCUT2D eigenvalue weighted by Crippen LogP contribution is 2.15. The number of hydrogen-bond acceptors (Lipinski definition) is 4. The van der Waals surface area contributed by atoms with Crippen molar-refractivity contribution in [1.29, 1.82) is 0 Å². The number of hydrogen-bond donors (Lipinski definition) is 2. The fourth-order valence-corrected chi connectivity index (χ4v) is 3.02. The standard InChI is InChI=1S/C22H36N2O4.ClH/c1-4-7-15-24(16-8-5-2)17-9-10-20(6-3)28-21(25)18-11-13-19(14-12-18)23-22(26)27;/h11-14,20,23H,4-10,15-17H2,1-3H3,(H,26,27);1H. The first-order chi connectivity index (χ1) is 13.5. The number of carboxylic acid groups (broad SMARTS) is 1. The first kappa shape index (κ1) is 27.2. The number of benzene rings is 1. The van der Waals surface area contributed by atoms with Crippen LogP contribution in [0.4, 0.5) is 10.5 Å². The molecule has 7 heteroatoms. The Morgan fingerprint density at radius 1 is 1.00 bits per heavy atom. The molecule has 0 aliphatic rings. The van der Waals surface area contributed by atoms with E-state index >= 15 is 0 Å². The van der Waals surface area contributed by atoms with E-state index < -0.39 is 6.09 Å². The molecule has 29 heavy (non-hydrogen) atoms. The summed E-state index contributed by atoms with van der Waals surface area (Å²) >= 11 is 0. The summed E-state index contributed by atoms with van der Waals surface area (Å²) in [5, 5.41) is 11.0. The van der Waals surface area contributed by atoms with E-state index in [0.29, 0.717) is 11.3 Å². The Morgan fingerprint density at radius 3 is 2.03 bits per heavy atom. The van der Waals surface area contributed by atoms with Crippen LogP contribution in [0.15, 0.2) is 24.3 Å². The summed E-state index contributed by atoms with van der Waals surface area (Å²) < 4.78 is 5.66. The van der Waals surface area contributed by atoms with Crippen molar-refractivity contribution in [3.8, 4) is 0 Å². The van der Waals surface area contributed by atoms with Crippen LogP contribution in [0.1, 0.15) is 76.1 Å². The molecule has 0 saturated carbocycles. The van der Waals surface area contributed by atoms with Gasteiger partial charge in [0.15, 0.2) is 0 Å². The van der Waals surface area contributed by atoms with Crippen LogP contribution in [-0.2, 0) is 4.74 Å². The topological polar surface area (TPSA) is 78.9 Å². The molecular weight excluding hydrogens is 392 g/mol. The van der Waals surface area contributed by atoms with Crippen molar-refractivity contribution in [2.75, 3.05) is 25.0 Å². The normalized spacial score (nSPS) is 11.6. The predicted molar refractivity (Wildman–Crippen MR) is 120 cm³/mol. The van der Waals surface area contributed by atoms with E-state index in [1.165, 1.54) is 25.7 Å². The van der Waals surface area contributed by atoms with Crippen LogP contribution in [0, 0.1) is 0 Å². The molecule has 1 unspecified atom stereocenters. The summed E-state index contributed by atoms with van der Waals surface area (Å²) in [6, 6.07) is 6.28. The Hall–Kier alpha value is -1.79. The van der Waals surface area contributed by atoms with Gasteiger partial charge in [-0.2, -0.15) is 0 Å². The van der Waals surface area contributed by atoms with E-state index in [4.69, 9.17) is 9.84 Å². The van der Waals surface area contributed by atoms with Gasteiger partial charge in [0.25, 0.3) is 0 Å². The highest BCUT2D eigenvalue weighted by molar-refractivity contribution is 5.91. The summed E-state index contributed by atoms with van der Waals surface area (Å²) in [6.07, 6.45) is 6.30. The van der Waals surface area contributed by atoms with E-state index in [2.05, 4.69) is 24.1 Å². The minimum Gasteiger partial charge on any atom is -0.465 e. The molecule has 0 heterocycles. The number of carbonyl (C=O) groups is 2. The lowest BCUT2D eigenvalue weighted by Crippen LogP contribution is -2.28. The maximum atomic E-state index is 12.4. The SMILES string of the molecule is CCCCN(CCCC)CCCC(CC)OC(=O)c1ccc(NC(=O)O)cc1.Cl. The van der Waals surface area contributed by atoms with Gasteiger partial charge in [-0.1, -0.05) is 33.6 Å². The summed E-state index contributed by atoms with van der Waals surface area (Å²) in [5.41, 5.74) is 0.859. The van der Waals surface area contributed by atoms with E-state index in [0.717, 1.165) is 38.9 Å². The van der Waals surface area contributed by atoms with Crippen molar-refractivity contribution in [3.63, 3.8) is 0 Å². The van der Waals surface area contributed by atoms with Gasteiger partial charge in [-0.3, -0.25) is 5.32 Å². The number of carbonyl (C=O) groups excluding carboxylic acids is 1. The fourth-order valence-electron chi connectivity index (χ4n) is 3.02. The third-order valence-corrected chi connectivity index (χ3v) is 4.76. The van der Waals surface area contributed by atoms with Crippen LogP contribution < -0.4 is 5.32 Å². The van der Waals surface area contributed by atoms with Gasteiger partial charge in [-0.05, 0) is 76.0 Å². The minimum atomic E-state index is -1.13. The highest BCUT2D eigenvalue weighted by atomic mass is 35.5. The molecule has 1 amide bonds. The molecule has 0 fully saturated rings. The molecule has 0 saturated heterocycles. The number of anilines is 1. The number of ether oxygens (including phenoxy) is 1. The van der Waals surface area contributed by atoms with Gasteiger partial charge in [0.1, 0.15) is 6.10 Å². The molecule has 0 radical (unpaired) electrons. The molecule has 0 aliphatic heterocycles. The van der Waals surface area contributed by atoms with Crippen molar-refractivity contribution in [2.45, 2.75) is 71.8 Å². The molecule has 0 bridgehead atoms. The molecular formula is C22H37ClN2O4. The number of esters is 1. The maximum Gasteiger partial charge on any atom is 0.409 e. The van der Waals surface area contributed by atoms with E-state index in [9.17, 15) is 9.59 Å². The lowest BCUT2D eigenvalue weighted by Gasteiger charge is -2.23. The molecule has 1 rings (SSSR count). The monoisotopic (exact) mass is 428 g/mol. The number of halogens is 1. The first-order valence-corrected chi connectivity index (χ1v) is 10.5. The van der Waals surface area contributed by atoms with Gasteiger partial charge >= 0.3 is 12.1 Å². The zero-order chi connectivity index (χ0) is 20.8. The summed E-state index contributed by atoms with van der Waals surface area (Å²) in [5.74, 6) is -0.359. The highest BCUT2D eigenvalue weighted by Gasteiger charge is 2.15. The number of amides is 1. The Kier molecular flexibility index (Phi) is 15.1. The van der Waals surface area contributed by atoms with Crippen LogP contribution in [0.3, 0.4) is 0 Å². The second-order valence-corrected chi connectivity index (χ2v) is 7.13. The first-order valence-electron chi connectivity index (χ1n) is 10.5. The average Bonchev–Trinajstić information content (AvgIpc) is 2.68. The van der Waals surface area contributed by atoms with Crippen molar-refractivity contribution in [2.24, 2.45) is 0 Å². The molecule has 1 aromatic rings. The Labute approximate surface area is 181 Å². The molecule has 2 N–H and O–H groups in total. The lowest BCUT2D eigenvalue weighted by molar-refractivity contribution is 0.0261. The van der Waals surface area contributed by atoms with Crippen LogP contribution in [-0.4, -0.2) is 47.8 Å². The van der Waals surface area contributed by atoms with Crippen LogP contribution in [0.25, 0.3) is 0 Å². The van der Waals surface area contributed by atoms with Gasteiger partial charge in [-0.25, -0.2) is 9.59 Å². The average molecular weight is 429 g/mol. The van der Waals surface area contributed by atoms with Gasteiger partial charge in [0.05, 0.1) is 5.56 Å². The molecule has 0 aliphatic carbocycles. The number of unbranched alkanes of at least 4 members (excludes halogenated alkanes) is 2. The predicted octanol–water partition coefficient (Wildman–Crippen LogP) is 5.82. The number of nitrogens with one attached hydrogen (secondary N) is 1. The summed E-state index contributed by atoms with van der Waals surface area (Å²) in [6.45, 7) is 9.80. The van der Waals surface area contributed by atoms with E-state index in [1.807, 2.05) is 6.92 Å². The fraction of sp³-hybridized carbons (Fsp3) is 0.636. The second-order valence-electron chi connectivity index (χ2n) is 7.13. The minimum absolute atomic E-state index is 0. The Balaban J connectivity index is 0.00000784. The summed E-state index contributed by atoms with van der Waals surface area (Å²) in [7, 11) is 0. The van der Waals surface area contributed by atoms with Gasteiger partial charge in [0, 0.05) is 5.69 Å². The van der Waals surface area contributed by atoms with Gasteiger partial charge < -0.3 is 14.7 Å². The zero-order valence-corrected chi connectivity index (χ0v) is 18.8. The molecule has 1 atom stereocenters. The largest absolute Gasteiger partial charge is 0.465 e. The number of rotatable bonds is 14. The van der Waals surface area contributed by atoms with Crippen molar-refractivity contribution in [3.05, 3.63) is 29.8 Å². The van der Waals surface area contributed by atoms with Crippen LogP contribution in [0.2, 0.25) is 0 Å².